The van der Waals surface area contributed by atoms with Crippen LogP contribution in [0.3, 0.4) is 0 Å². The molecule has 0 saturated carbocycles. The number of carboxylic acids is 1. The smallest absolute Gasteiger partial charge is 0.311 e. The molecule has 1 unspecified atom stereocenters. The minimum Gasteiger partial charge on any atom is -0.493 e. The van der Waals surface area contributed by atoms with Crippen molar-refractivity contribution in [2.45, 2.75) is 39.0 Å². The van der Waals surface area contributed by atoms with Gasteiger partial charge in [-0.05, 0) is 53.8 Å². The third-order valence-corrected chi connectivity index (χ3v) is 5.68. The third-order valence-electron chi connectivity index (χ3n) is 5.68. The van der Waals surface area contributed by atoms with Crippen molar-refractivity contribution in [3.05, 3.63) is 95.5 Å². The number of nitrogens with one attached hydrogen (secondary N) is 1. The summed E-state index contributed by atoms with van der Waals surface area (Å²) in [6, 6.07) is 16.4. The Morgan fingerprint density at radius 3 is 2.61 bits per heavy atom. The van der Waals surface area contributed by atoms with Crippen molar-refractivity contribution in [3.8, 4) is 11.8 Å². The highest BCUT2D eigenvalue weighted by Crippen LogP contribution is 2.31. The first kappa shape index (κ1) is 26.3. The SMILES string of the molecule is C=C(/C=C1/OCCC(C(=O)O)/C1=C/CC#N)Oc1ccc(C(=O)Nc2cccc(C(C)(C)C)c2)cc1. The standard InChI is InChI=1S/C29H30N2O5/c1-19(17-26-24(9-6-15-30)25(28(33)34)14-16-35-26)36-23-12-10-20(11-13-23)27(32)31-22-8-5-7-21(18-22)29(2,3)4/h5,7-13,17-18,25H,1,6,14,16H2,2-4H3,(H,31,32)(H,33,34)/b24-9-,26-17+. The van der Waals surface area contributed by atoms with Gasteiger partial charge in [-0.3, -0.25) is 9.59 Å². The topological polar surface area (TPSA) is 109 Å². The monoisotopic (exact) mass is 486 g/mol. The zero-order chi connectivity index (χ0) is 26.3. The number of hydrogen-bond acceptors (Lipinski definition) is 5. The van der Waals surface area contributed by atoms with Crippen molar-refractivity contribution in [3.63, 3.8) is 0 Å². The second kappa shape index (κ2) is 11.4. The van der Waals surface area contributed by atoms with Gasteiger partial charge in [-0.25, -0.2) is 0 Å². The molecule has 36 heavy (non-hydrogen) atoms. The van der Waals surface area contributed by atoms with Gasteiger partial charge in [0.2, 0.25) is 0 Å². The van der Waals surface area contributed by atoms with E-state index in [2.05, 4.69) is 32.7 Å². The van der Waals surface area contributed by atoms with Crippen molar-refractivity contribution >= 4 is 17.6 Å². The molecule has 0 aromatic heterocycles. The van der Waals surface area contributed by atoms with Gasteiger partial charge >= 0.3 is 5.97 Å². The molecule has 2 N–H and O–H groups in total. The van der Waals surface area contributed by atoms with Crippen LogP contribution < -0.4 is 10.1 Å². The van der Waals surface area contributed by atoms with Crippen molar-refractivity contribution in [2.75, 3.05) is 11.9 Å². The predicted molar refractivity (Wildman–Crippen MR) is 137 cm³/mol. The molecule has 7 heteroatoms. The molecule has 0 bridgehead atoms. The first-order chi connectivity index (χ1) is 17.1. The van der Waals surface area contributed by atoms with Gasteiger partial charge in [0.05, 0.1) is 25.0 Å². The van der Waals surface area contributed by atoms with Crippen molar-refractivity contribution in [1.29, 1.82) is 5.26 Å². The van der Waals surface area contributed by atoms with Crippen molar-refractivity contribution < 1.29 is 24.2 Å². The van der Waals surface area contributed by atoms with E-state index in [4.69, 9.17) is 14.7 Å². The summed E-state index contributed by atoms with van der Waals surface area (Å²) in [6.45, 7) is 10.5. The van der Waals surface area contributed by atoms with Gasteiger partial charge in [0, 0.05) is 22.9 Å². The summed E-state index contributed by atoms with van der Waals surface area (Å²) in [5.41, 5.74) is 2.72. The number of carbonyl (C=O) groups excluding carboxylic acids is 1. The molecule has 2 aromatic carbocycles. The normalized spacial score (nSPS) is 17.7. The number of hydrogen-bond donors (Lipinski definition) is 2. The summed E-state index contributed by atoms with van der Waals surface area (Å²) >= 11 is 0. The number of carbonyl (C=O) groups is 2. The Hall–Kier alpha value is -4.31. The van der Waals surface area contributed by atoms with Crippen LogP contribution in [-0.4, -0.2) is 23.6 Å². The van der Waals surface area contributed by atoms with Gasteiger partial charge < -0.3 is 19.9 Å². The first-order valence-corrected chi connectivity index (χ1v) is 11.6. The molecule has 1 heterocycles. The lowest BCUT2D eigenvalue weighted by molar-refractivity contribution is -0.141. The molecule has 1 amide bonds. The number of rotatable bonds is 7. The minimum atomic E-state index is -0.973. The van der Waals surface area contributed by atoms with Gasteiger partial charge in [0.1, 0.15) is 17.3 Å². The van der Waals surface area contributed by atoms with E-state index in [0.717, 1.165) is 11.3 Å². The Bertz CT molecular complexity index is 1240. The Labute approximate surface area is 211 Å². The maximum Gasteiger partial charge on any atom is 0.311 e. The quantitative estimate of drug-likeness (QED) is 0.467. The summed E-state index contributed by atoms with van der Waals surface area (Å²) < 4.78 is 11.4. The van der Waals surface area contributed by atoms with E-state index >= 15 is 0 Å². The lowest BCUT2D eigenvalue weighted by Gasteiger charge is -2.25. The highest BCUT2D eigenvalue weighted by Gasteiger charge is 2.30. The van der Waals surface area contributed by atoms with Crippen molar-refractivity contribution in [1.82, 2.24) is 0 Å². The zero-order valence-corrected chi connectivity index (χ0v) is 20.7. The summed E-state index contributed by atoms with van der Waals surface area (Å²) in [7, 11) is 0. The average molecular weight is 487 g/mol. The van der Waals surface area contributed by atoms with Gasteiger partial charge in [0.25, 0.3) is 5.91 Å². The van der Waals surface area contributed by atoms with Crippen LogP contribution in [0.25, 0.3) is 0 Å². The van der Waals surface area contributed by atoms with E-state index in [1.54, 1.807) is 30.3 Å². The molecular formula is C29H30N2O5. The lowest BCUT2D eigenvalue weighted by atomic mass is 9.87. The largest absolute Gasteiger partial charge is 0.493 e. The highest BCUT2D eigenvalue weighted by atomic mass is 16.5. The molecule has 1 aliphatic rings. The van der Waals surface area contributed by atoms with Crippen LogP contribution in [-0.2, 0) is 14.9 Å². The Morgan fingerprint density at radius 2 is 1.97 bits per heavy atom. The van der Waals surface area contributed by atoms with Crippen molar-refractivity contribution in [2.24, 2.45) is 5.92 Å². The molecule has 1 aliphatic heterocycles. The average Bonchev–Trinajstić information content (AvgIpc) is 2.83. The third kappa shape index (κ3) is 6.86. The fourth-order valence-corrected chi connectivity index (χ4v) is 3.75. The molecule has 3 rings (SSSR count). The van der Waals surface area contributed by atoms with E-state index < -0.39 is 11.9 Å². The molecule has 0 aliphatic carbocycles. The second-order valence-corrected chi connectivity index (χ2v) is 9.44. The molecule has 7 nitrogen and oxygen atoms in total. The molecule has 1 atom stereocenters. The molecule has 0 spiro atoms. The fraction of sp³-hybridized carbons (Fsp3) is 0.276. The highest BCUT2D eigenvalue weighted by molar-refractivity contribution is 6.04. The molecule has 186 valence electrons. The minimum absolute atomic E-state index is 0.0269. The van der Waals surface area contributed by atoms with E-state index in [1.165, 1.54) is 6.08 Å². The number of anilines is 1. The molecule has 2 aromatic rings. The van der Waals surface area contributed by atoms with Gasteiger partial charge in [-0.2, -0.15) is 5.26 Å². The van der Waals surface area contributed by atoms with Crippen LogP contribution in [0.15, 0.2) is 84.4 Å². The summed E-state index contributed by atoms with van der Waals surface area (Å²) in [5.74, 6) is -0.961. The van der Waals surface area contributed by atoms with E-state index in [1.807, 2.05) is 30.3 Å². The summed E-state index contributed by atoms with van der Waals surface area (Å²) in [4.78, 5) is 24.3. The molecule has 1 saturated heterocycles. The lowest BCUT2D eigenvalue weighted by Crippen LogP contribution is -2.25. The number of allylic oxidation sites excluding steroid dienone is 3. The number of nitriles is 1. The number of carboxylic acid groups (broad SMARTS) is 1. The Balaban J connectivity index is 1.68. The summed E-state index contributed by atoms with van der Waals surface area (Å²) in [6.07, 6.45) is 3.46. The van der Waals surface area contributed by atoms with Crippen LogP contribution in [0.2, 0.25) is 0 Å². The van der Waals surface area contributed by atoms with Crippen LogP contribution in [0, 0.1) is 17.2 Å². The van der Waals surface area contributed by atoms with E-state index in [9.17, 15) is 14.7 Å². The van der Waals surface area contributed by atoms with E-state index in [-0.39, 0.29) is 30.1 Å². The predicted octanol–water partition coefficient (Wildman–Crippen LogP) is 5.97. The Morgan fingerprint density at radius 1 is 1.25 bits per heavy atom. The van der Waals surface area contributed by atoms with Gasteiger partial charge in [-0.1, -0.05) is 45.6 Å². The maximum atomic E-state index is 12.7. The number of ether oxygens (including phenoxy) is 2. The van der Waals surface area contributed by atoms with Gasteiger partial charge in [0.15, 0.2) is 0 Å². The second-order valence-electron chi connectivity index (χ2n) is 9.44. The van der Waals surface area contributed by atoms with Crippen LogP contribution in [0.1, 0.15) is 49.5 Å². The zero-order valence-electron chi connectivity index (χ0n) is 20.7. The van der Waals surface area contributed by atoms with E-state index in [0.29, 0.717) is 29.1 Å². The molecule has 0 radical (unpaired) electrons. The first-order valence-electron chi connectivity index (χ1n) is 11.6. The van der Waals surface area contributed by atoms with Crippen LogP contribution in [0.4, 0.5) is 5.69 Å². The number of aliphatic carboxylic acids is 1. The van der Waals surface area contributed by atoms with Crippen LogP contribution in [0.5, 0.6) is 5.75 Å². The molecule has 1 fully saturated rings. The number of amides is 1. The Kier molecular flexibility index (Phi) is 8.34. The molecular weight excluding hydrogens is 456 g/mol. The van der Waals surface area contributed by atoms with Crippen LogP contribution >= 0.6 is 0 Å². The summed E-state index contributed by atoms with van der Waals surface area (Å²) in [5, 5.41) is 21.3. The maximum absolute atomic E-state index is 12.7. The fourth-order valence-electron chi connectivity index (χ4n) is 3.75. The van der Waals surface area contributed by atoms with Gasteiger partial charge in [-0.15, -0.1) is 0 Å². The number of nitrogens with zero attached hydrogens (tertiary/aromatic N) is 1. The number of benzene rings is 2.